The molecule has 0 spiro atoms. The van der Waals surface area contributed by atoms with Gasteiger partial charge in [0.05, 0.1) is 7.11 Å². The zero-order valence-electron chi connectivity index (χ0n) is 16.3. The van der Waals surface area contributed by atoms with E-state index in [1.807, 2.05) is 6.92 Å². The fourth-order valence-corrected chi connectivity index (χ4v) is 3.16. The zero-order valence-corrected chi connectivity index (χ0v) is 17.9. The fourth-order valence-electron chi connectivity index (χ4n) is 2.79. The molecular formula is C22H18ClNO5S. The monoisotopic (exact) mass is 443 g/mol. The lowest BCUT2D eigenvalue weighted by atomic mass is 10.0. The van der Waals surface area contributed by atoms with Gasteiger partial charge in [-0.15, -0.1) is 0 Å². The standard InChI is InChI=1S/C22H18ClNO5S/c1-4-10-27-15-7-8-16(13(2)11-15)17-20(29-22(30)26-3)18(23)19(28-21(17)25)14-6-5-9-24-12-14/h4-9,11-12H,1,10H2,2-3H3. The third kappa shape index (κ3) is 4.53. The second-order valence-corrected chi connectivity index (χ2v) is 6.82. The van der Waals surface area contributed by atoms with Gasteiger partial charge in [0, 0.05) is 30.2 Å². The third-order valence-electron chi connectivity index (χ3n) is 4.14. The van der Waals surface area contributed by atoms with E-state index in [1.165, 1.54) is 13.3 Å². The minimum absolute atomic E-state index is 0.0430. The Labute approximate surface area is 183 Å². The SMILES string of the molecule is C=CCOc1ccc(-c2c(OC(=S)OC)c(Cl)c(-c3cccnc3)oc2=O)c(C)c1. The smallest absolute Gasteiger partial charge is 0.357 e. The van der Waals surface area contributed by atoms with Gasteiger partial charge in [-0.2, -0.15) is 0 Å². The number of aryl methyl sites for hydroxylation is 1. The lowest BCUT2D eigenvalue weighted by Gasteiger charge is -2.15. The summed E-state index contributed by atoms with van der Waals surface area (Å²) >= 11 is 11.6. The average Bonchev–Trinajstić information content (AvgIpc) is 2.76. The lowest BCUT2D eigenvalue weighted by Crippen LogP contribution is -2.14. The van der Waals surface area contributed by atoms with E-state index in [9.17, 15) is 4.79 Å². The summed E-state index contributed by atoms with van der Waals surface area (Å²) in [5, 5.41) is -0.118. The number of hydrogen-bond acceptors (Lipinski definition) is 7. The zero-order chi connectivity index (χ0) is 21.7. The van der Waals surface area contributed by atoms with Crippen LogP contribution in [0.1, 0.15) is 5.56 Å². The molecule has 0 aliphatic rings. The van der Waals surface area contributed by atoms with Gasteiger partial charge in [0.25, 0.3) is 0 Å². The number of rotatable bonds is 6. The van der Waals surface area contributed by atoms with Crippen LogP contribution in [0.4, 0.5) is 0 Å². The van der Waals surface area contributed by atoms with E-state index in [2.05, 4.69) is 11.6 Å². The third-order valence-corrected chi connectivity index (χ3v) is 4.73. The Kier molecular flexibility index (Phi) is 6.87. The molecule has 0 amide bonds. The van der Waals surface area contributed by atoms with Crippen molar-refractivity contribution in [3.63, 3.8) is 0 Å². The van der Waals surface area contributed by atoms with Gasteiger partial charge in [-0.1, -0.05) is 30.3 Å². The topological polar surface area (TPSA) is 70.8 Å². The molecule has 8 heteroatoms. The predicted molar refractivity (Wildman–Crippen MR) is 119 cm³/mol. The molecule has 2 heterocycles. The first-order valence-corrected chi connectivity index (χ1v) is 9.62. The molecule has 0 atom stereocenters. The van der Waals surface area contributed by atoms with E-state index in [0.717, 1.165) is 5.56 Å². The van der Waals surface area contributed by atoms with E-state index in [0.29, 0.717) is 23.5 Å². The molecule has 0 saturated heterocycles. The van der Waals surface area contributed by atoms with E-state index in [-0.39, 0.29) is 27.3 Å². The van der Waals surface area contributed by atoms with Crippen molar-refractivity contribution in [2.24, 2.45) is 0 Å². The van der Waals surface area contributed by atoms with Gasteiger partial charge in [0.2, 0.25) is 0 Å². The van der Waals surface area contributed by atoms with Crippen molar-refractivity contribution in [2.75, 3.05) is 13.7 Å². The van der Waals surface area contributed by atoms with Crippen LogP contribution in [0.5, 0.6) is 11.5 Å². The largest absolute Gasteiger partial charge is 0.490 e. The predicted octanol–water partition coefficient (Wildman–Crippen LogP) is 5.21. The van der Waals surface area contributed by atoms with Gasteiger partial charge >= 0.3 is 10.9 Å². The molecule has 0 saturated carbocycles. The van der Waals surface area contributed by atoms with Crippen LogP contribution in [0, 0.1) is 6.92 Å². The number of ether oxygens (including phenoxy) is 3. The highest BCUT2D eigenvalue weighted by Gasteiger charge is 2.25. The molecule has 0 bridgehead atoms. The number of benzene rings is 1. The first-order valence-electron chi connectivity index (χ1n) is 8.83. The van der Waals surface area contributed by atoms with Crippen LogP contribution in [-0.4, -0.2) is 23.9 Å². The summed E-state index contributed by atoms with van der Waals surface area (Å²) in [6.07, 6.45) is 4.77. The minimum atomic E-state index is -0.644. The highest BCUT2D eigenvalue weighted by Crippen LogP contribution is 2.41. The number of aromatic nitrogens is 1. The molecule has 0 aliphatic carbocycles. The summed E-state index contributed by atoms with van der Waals surface area (Å²) in [4.78, 5) is 17.0. The quantitative estimate of drug-likeness (QED) is 0.382. The van der Waals surface area contributed by atoms with Crippen molar-refractivity contribution in [1.82, 2.24) is 4.98 Å². The summed E-state index contributed by atoms with van der Waals surface area (Å²) in [6.45, 7) is 5.82. The van der Waals surface area contributed by atoms with Crippen LogP contribution in [0.2, 0.25) is 5.02 Å². The van der Waals surface area contributed by atoms with Crippen LogP contribution in [-0.2, 0) is 4.74 Å². The van der Waals surface area contributed by atoms with E-state index >= 15 is 0 Å². The van der Waals surface area contributed by atoms with Crippen LogP contribution >= 0.6 is 23.8 Å². The molecule has 6 nitrogen and oxygen atoms in total. The van der Waals surface area contributed by atoms with E-state index < -0.39 is 5.63 Å². The highest BCUT2D eigenvalue weighted by atomic mass is 35.5. The summed E-state index contributed by atoms with van der Waals surface area (Å²) in [6, 6.07) is 8.66. The Balaban J connectivity index is 2.21. The summed E-state index contributed by atoms with van der Waals surface area (Å²) in [5.41, 5.74) is 1.31. The Morgan fingerprint density at radius 1 is 1.37 bits per heavy atom. The molecule has 2 aromatic heterocycles. The first-order chi connectivity index (χ1) is 14.5. The molecule has 30 heavy (non-hydrogen) atoms. The maximum atomic E-state index is 13.0. The Bertz CT molecular complexity index is 1140. The second-order valence-electron chi connectivity index (χ2n) is 6.11. The molecule has 3 rings (SSSR count). The average molecular weight is 444 g/mol. The van der Waals surface area contributed by atoms with Crippen LogP contribution in [0.3, 0.4) is 0 Å². The molecule has 0 N–H and O–H groups in total. The normalized spacial score (nSPS) is 10.4. The first kappa shape index (κ1) is 21.5. The minimum Gasteiger partial charge on any atom is -0.490 e. The van der Waals surface area contributed by atoms with Crippen LogP contribution < -0.4 is 15.1 Å². The molecule has 0 radical (unpaired) electrons. The van der Waals surface area contributed by atoms with Crippen LogP contribution in [0.15, 0.2) is 64.6 Å². The summed E-state index contributed by atoms with van der Waals surface area (Å²) < 4.78 is 21.7. The molecule has 3 aromatic rings. The van der Waals surface area contributed by atoms with Gasteiger partial charge < -0.3 is 18.6 Å². The summed E-state index contributed by atoms with van der Waals surface area (Å²) in [7, 11) is 1.36. The molecular weight excluding hydrogens is 426 g/mol. The molecule has 0 unspecified atom stereocenters. The van der Waals surface area contributed by atoms with Crippen LogP contribution in [0.25, 0.3) is 22.5 Å². The molecule has 1 aromatic carbocycles. The van der Waals surface area contributed by atoms with Gasteiger partial charge in [0.1, 0.15) is 22.9 Å². The lowest BCUT2D eigenvalue weighted by molar-refractivity contribution is 0.314. The van der Waals surface area contributed by atoms with Crippen molar-refractivity contribution < 1.29 is 18.6 Å². The van der Waals surface area contributed by atoms with E-state index in [1.54, 1.807) is 42.6 Å². The highest BCUT2D eigenvalue weighted by molar-refractivity contribution is 7.79. The Morgan fingerprint density at radius 2 is 2.17 bits per heavy atom. The molecule has 0 fully saturated rings. The molecule has 154 valence electrons. The van der Waals surface area contributed by atoms with Gasteiger partial charge in [-0.25, -0.2) is 4.79 Å². The van der Waals surface area contributed by atoms with Crippen molar-refractivity contribution >= 4 is 29.1 Å². The second kappa shape index (κ2) is 9.56. The summed E-state index contributed by atoms with van der Waals surface area (Å²) in [5.74, 6) is 0.797. The number of hydrogen-bond donors (Lipinski definition) is 0. The fraction of sp³-hybridized carbons (Fsp3) is 0.136. The Morgan fingerprint density at radius 3 is 2.80 bits per heavy atom. The maximum absolute atomic E-state index is 13.0. The van der Waals surface area contributed by atoms with Crippen molar-refractivity contribution in [2.45, 2.75) is 6.92 Å². The number of thiocarbonyl (C=S) groups is 1. The number of methoxy groups -OCH3 is 1. The number of pyridine rings is 1. The van der Waals surface area contributed by atoms with Crippen molar-refractivity contribution in [1.29, 1.82) is 0 Å². The van der Waals surface area contributed by atoms with Crippen molar-refractivity contribution in [3.05, 3.63) is 76.4 Å². The van der Waals surface area contributed by atoms with Gasteiger partial charge in [-0.3, -0.25) is 4.98 Å². The maximum Gasteiger partial charge on any atom is 0.357 e. The molecule has 0 aliphatic heterocycles. The number of halogens is 1. The van der Waals surface area contributed by atoms with Gasteiger partial charge in [0.15, 0.2) is 11.5 Å². The van der Waals surface area contributed by atoms with Crippen molar-refractivity contribution in [3.8, 4) is 33.9 Å². The Hall–Kier alpha value is -3.16. The van der Waals surface area contributed by atoms with Gasteiger partial charge in [-0.05, 0) is 42.3 Å². The van der Waals surface area contributed by atoms with E-state index in [4.69, 9.17) is 42.4 Å². The number of nitrogens with zero attached hydrogens (tertiary/aromatic N) is 1.